The van der Waals surface area contributed by atoms with Crippen LogP contribution >= 0.6 is 0 Å². The van der Waals surface area contributed by atoms with Gasteiger partial charge in [-0.15, -0.1) is 0 Å². The maximum atomic E-state index is 10.8. The van der Waals surface area contributed by atoms with Gasteiger partial charge >= 0.3 is 5.97 Å². The van der Waals surface area contributed by atoms with Crippen LogP contribution in [0, 0.1) is 5.92 Å². The fourth-order valence-electron chi connectivity index (χ4n) is 1.88. The van der Waals surface area contributed by atoms with E-state index in [4.69, 9.17) is 5.11 Å². The molecule has 0 heterocycles. The molecule has 96 valence electrons. The standard InChI is InChI=1S/C13H27NO2/c1-5-7-8-12(6-2)9-14(11(3)4)10-13(15)16/h11-12H,5-10H2,1-4H3,(H,15,16). The molecule has 0 radical (unpaired) electrons. The van der Waals surface area contributed by atoms with Crippen LogP contribution in [0.25, 0.3) is 0 Å². The van der Waals surface area contributed by atoms with Gasteiger partial charge < -0.3 is 5.11 Å². The highest BCUT2D eigenvalue weighted by molar-refractivity contribution is 5.69. The Kier molecular flexibility index (Phi) is 8.26. The maximum absolute atomic E-state index is 10.8. The van der Waals surface area contributed by atoms with Crippen LogP contribution in [-0.2, 0) is 4.79 Å². The number of carboxylic acid groups (broad SMARTS) is 1. The second-order valence-electron chi connectivity index (χ2n) is 4.83. The molecule has 0 saturated heterocycles. The predicted octanol–water partition coefficient (Wildman–Crippen LogP) is 3.00. The summed E-state index contributed by atoms with van der Waals surface area (Å²) in [6.45, 7) is 9.61. The average molecular weight is 229 g/mol. The van der Waals surface area contributed by atoms with Crippen LogP contribution in [0.15, 0.2) is 0 Å². The van der Waals surface area contributed by atoms with Gasteiger partial charge in [0.2, 0.25) is 0 Å². The summed E-state index contributed by atoms with van der Waals surface area (Å²) >= 11 is 0. The number of hydrogen-bond acceptors (Lipinski definition) is 2. The summed E-state index contributed by atoms with van der Waals surface area (Å²) < 4.78 is 0. The van der Waals surface area contributed by atoms with Crippen molar-refractivity contribution in [3.63, 3.8) is 0 Å². The summed E-state index contributed by atoms with van der Waals surface area (Å²) in [6, 6.07) is 0.312. The molecule has 0 aliphatic heterocycles. The predicted molar refractivity (Wildman–Crippen MR) is 67.7 cm³/mol. The van der Waals surface area contributed by atoms with E-state index in [2.05, 4.69) is 32.6 Å². The topological polar surface area (TPSA) is 40.5 Å². The maximum Gasteiger partial charge on any atom is 0.317 e. The summed E-state index contributed by atoms with van der Waals surface area (Å²) in [7, 11) is 0. The molecule has 16 heavy (non-hydrogen) atoms. The Balaban J connectivity index is 4.17. The van der Waals surface area contributed by atoms with Crippen LogP contribution in [0.1, 0.15) is 53.4 Å². The molecule has 0 spiro atoms. The van der Waals surface area contributed by atoms with E-state index in [9.17, 15) is 4.79 Å². The van der Waals surface area contributed by atoms with Crippen molar-refractivity contribution >= 4 is 5.97 Å². The molecular weight excluding hydrogens is 202 g/mol. The molecular formula is C13H27NO2. The van der Waals surface area contributed by atoms with Crippen LogP contribution in [0.3, 0.4) is 0 Å². The molecule has 0 aromatic heterocycles. The summed E-state index contributed by atoms with van der Waals surface area (Å²) in [5, 5.41) is 8.85. The molecule has 0 aromatic carbocycles. The Morgan fingerprint density at radius 1 is 1.31 bits per heavy atom. The highest BCUT2D eigenvalue weighted by Gasteiger charge is 2.17. The van der Waals surface area contributed by atoms with E-state index in [0.717, 1.165) is 13.0 Å². The highest BCUT2D eigenvalue weighted by atomic mass is 16.4. The van der Waals surface area contributed by atoms with Crippen LogP contribution in [0.4, 0.5) is 0 Å². The fraction of sp³-hybridized carbons (Fsp3) is 0.923. The van der Waals surface area contributed by atoms with E-state index >= 15 is 0 Å². The van der Waals surface area contributed by atoms with Crippen LogP contribution in [0.5, 0.6) is 0 Å². The number of rotatable bonds is 9. The van der Waals surface area contributed by atoms with Gasteiger partial charge in [0.25, 0.3) is 0 Å². The fourth-order valence-corrected chi connectivity index (χ4v) is 1.88. The first-order valence-electron chi connectivity index (χ1n) is 6.47. The van der Waals surface area contributed by atoms with Crippen molar-refractivity contribution < 1.29 is 9.90 Å². The van der Waals surface area contributed by atoms with E-state index < -0.39 is 5.97 Å². The van der Waals surface area contributed by atoms with E-state index in [1.165, 1.54) is 19.3 Å². The molecule has 1 N–H and O–H groups in total. The van der Waals surface area contributed by atoms with E-state index in [-0.39, 0.29) is 6.54 Å². The van der Waals surface area contributed by atoms with Crippen LogP contribution < -0.4 is 0 Å². The zero-order valence-corrected chi connectivity index (χ0v) is 11.2. The van der Waals surface area contributed by atoms with E-state index in [1.54, 1.807) is 0 Å². The molecule has 0 rings (SSSR count). The number of carbonyl (C=O) groups is 1. The Morgan fingerprint density at radius 3 is 2.31 bits per heavy atom. The van der Waals surface area contributed by atoms with Gasteiger partial charge in [-0.2, -0.15) is 0 Å². The minimum atomic E-state index is -0.723. The van der Waals surface area contributed by atoms with E-state index in [0.29, 0.717) is 12.0 Å². The number of nitrogens with zero attached hydrogens (tertiary/aromatic N) is 1. The largest absolute Gasteiger partial charge is 0.480 e. The third-order valence-electron chi connectivity index (χ3n) is 3.10. The normalized spacial score (nSPS) is 13.4. The monoisotopic (exact) mass is 229 g/mol. The van der Waals surface area contributed by atoms with Crippen molar-refractivity contribution in [1.82, 2.24) is 4.90 Å². The second-order valence-corrected chi connectivity index (χ2v) is 4.83. The second kappa shape index (κ2) is 8.57. The van der Waals surface area contributed by atoms with Crippen molar-refractivity contribution in [1.29, 1.82) is 0 Å². The summed E-state index contributed by atoms with van der Waals surface area (Å²) in [4.78, 5) is 12.8. The molecule has 0 amide bonds. The lowest BCUT2D eigenvalue weighted by molar-refractivity contribution is -0.139. The Labute approximate surface area is 99.8 Å². The molecule has 1 unspecified atom stereocenters. The first-order chi connectivity index (χ1) is 7.51. The van der Waals surface area contributed by atoms with Gasteiger partial charge in [-0.3, -0.25) is 9.69 Å². The van der Waals surface area contributed by atoms with Gasteiger partial charge in [0.05, 0.1) is 6.54 Å². The quantitative estimate of drug-likeness (QED) is 0.660. The minimum Gasteiger partial charge on any atom is -0.480 e. The molecule has 1 atom stereocenters. The van der Waals surface area contributed by atoms with E-state index in [1.807, 2.05) is 0 Å². The molecule has 0 aliphatic rings. The molecule has 3 nitrogen and oxygen atoms in total. The van der Waals surface area contributed by atoms with Gasteiger partial charge in [0, 0.05) is 12.6 Å². The van der Waals surface area contributed by atoms with Gasteiger partial charge in [0.1, 0.15) is 0 Å². The Bertz CT molecular complexity index is 192. The van der Waals surface area contributed by atoms with Crippen LogP contribution in [-0.4, -0.2) is 35.1 Å². The molecule has 0 saturated carbocycles. The molecule has 3 heteroatoms. The molecule has 0 aliphatic carbocycles. The van der Waals surface area contributed by atoms with Crippen molar-refractivity contribution in [2.75, 3.05) is 13.1 Å². The first kappa shape index (κ1) is 15.4. The smallest absolute Gasteiger partial charge is 0.317 e. The average Bonchev–Trinajstić information content (AvgIpc) is 2.21. The number of aliphatic carboxylic acids is 1. The van der Waals surface area contributed by atoms with Gasteiger partial charge in [-0.25, -0.2) is 0 Å². The Morgan fingerprint density at radius 2 is 1.94 bits per heavy atom. The Hall–Kier alpha value is -0.570. The van der Waals surface area contributed by atoms with Gasteiger partial charge in [0.15, 0.2) is 0 Å². The van der Waals surface area contributed by atoms with Gasteiger partial charge in [-0.05, 0) is 26.2 Å². The summed E-state index contributed by atoms with van der Waals surface area (Å²) in [5.74, 6) is -0.0826. The lowest BCUT2D eigenvalue weighted by Gasteiger charge is -2.28. The number of carboxylic acids is 1. The number of hydrogen-bond donors (Lipinski definition) is 1. The lowest BCUT2D eigenvalue weighted by Crippen LogP contribution is -2.39. The number of unbranched alkanes of at least 4 members (excludes halogenated alkanes) is 1. The SMILES string of the molecule is CCCCC(CC)CN(CC(=O)O)C(C)C. The molecule has 0 bridgehead atoms. The summed E-state index contributed by atoms with van der Waals surface area (Å²) in [6.07, 6.45) is 4.83. The molecule has 0 aromatic rings. The third-order valence-corrected chi connectivity index (χ3v) is 3.10. The van der Waals surface area contributed by atoms with Crippen molar-refractivity contribution in [3.05, 3.63) is 0 Å². The minimum absolute atomic E-state index is 0.167. The first-order valence-corrected chi connectivity index (χ1v) is 6.47. The molecule has 0 fully saturated rings. The van der Waals surface area contributed by atoms with Crippen molar-refractivity contribution in [2.24, 2.45) is 5.92 Å². The van der Waals surface area contributed by atoms with Crippen molar-refractivity contribution in [2.45, 2.75) is 59.4 Å². The van der Waals surface area contributed by atoms with Gasteiger partial charge in [-0.1, -0.05) is 33.1 Å². The van der Waals surface area contributed by atoms with Crippen LogP contribution in [0.2, 0.25) is 0 Å². The zero-order valence-electron chi connectivity index (χ0n) is 11.2. The van der Waals surface area contributed by atoms with Crippen molar-refractivity contribution in [3.8, 4) is 0 Å². The highest BCUT2D eigenvalue weighted by Crippen LogP contribution is 2.15. The zero-order chi connectivity index (χ0) is 12.6. The summed E-state index contributed by atoms with van der Waals surface area (Å²) in [5.41, 5.74) is 0. The third kappa shape index (κ3) is 6.83. The lowest BCUT2D eigenvalue weighted by atomic mass is 9.98.